The van der Waals surface area contributed by atoms with Gasteiger partial charge >= 0.3 is 0 Å². The maximum Gasteiger partial charge on any atom is 0.126 e. The van der Waals surface area contributed by atoms with E-state index in [4.69, 9.17) is 0 Å². The molecular weight excluding hydrogens is 174 g/mol. The van der Waals surface area contributed by atoms with Gasteiger partial charge in [0.1, 0.15) is 5.82 Å². The van der Waals surface area contributed by atoms with Crippen LogP contribution in [0, 0.1) is 27.7 Å². The van der Waals surface area contributed by atoms with Crippen molar-refractivity contribution in [2.24, 2.45) is 7.05 Å². The Hall–Kier alpha value is -1.38. The predicted molar refractivity (Wildman–Crippen MR) is 57.5 cm³/mol. The highest BCUT2D eigenvalue weighted by Crippen LogP contribution is 2.23. The Morgan fingerprint density at radius 2 is 1.64 bits per heavy atom. The zero-order valence-electron chi connectivity index (χ0n) is 9.34. The molecule has 0 bridgehead atoms. The molecule has 2 aromatic rings. The highest BCUT2D eigenvalue weighted by atomic mass is 15.0. The van der Waals surface area contributed by atoms with E-state index in [1.54, 1.807) is 0 Å². The van der Waals surface area contributed by atoms with Crippen molar-refractivity contribution in [3.63, 3.8) is 0 Å². The SMILES string of the molecule is Cc1nc(C)c2c(n1)c(C)c(C)n2C. The highest BCUT2D eigenvalue weighted by Gasteiger charge is 2.12. The molecule has 0 spiro atoms. The summed E-state index contributed by atoms with van der Waals surface area (Å²) in [5.41, 5.74) is 5.84. The Labute approximate surface area is 83.8 Å². The van der Waals surface area contributed by atoms with Crippen LogP contribution in [0.5, 0.6) is 0 Å². The smallest absolute Gasteiger partial charge is 0.126 e. The predicted octanol–water partition coefficient (Wildman–Crippen LogP) is 2.20. The van der Waals surface area contributed by atoms with E-state index in [2.05, 4.69) is 35.4 Å². The molecule has 2 heterocycles. The first-order chi connectivity index (χ1) is 6.52. The average molecular weight is 189 g/mol. The second-order valence-corrected chi connectivity index (χ2v) is 3.82. The van der Waals surface area contributed by atoms with Crippen molar-refractivity contribution in [1.29, 1.82) is 0 Å². The summed E-state index contributed by atoms with van der Waals surface area (Å²) in [5.74, 6) is 0.851. The molecule has 0 radical (unpaired) electrons. The molecule has 14 heavy (non-hydrogen) atoms. The molecular formula is C11H15N3. The number of rotatable bonds is 0. The van der Waals surface area contributed by atoms with Crippen LogP contribution < -0.4 is 0 Å². The van der Waals surface area contributed by atoms with Gasteiger partial charge in [0, 0.05) is 12.7 Å². The van der Waals surface area contributed by atoms with E-state index in [0.29, 0.717) is 0 Å². The second-order valence-electron chi connectivity index (χ2n) is 3.82. The van der Waals surface area contributed by atoms with Crippen LogP contribution in [-0.2, 0) is 7.05 Å². The molecule has 0 aliphatic rings. The van der Waals surface area contributed by atoms with Crippen molar-refractivity contribution in [3.8, 4) is 0 Å². The van der Waals surface area contributed by atoms with E-state index in [1.165, 1.54) is 11.3 Å². The average Bonchev–Trinajstić information content (AvgIpc) is 2.31. The third-order valence-corrected chi connectivity index (χ3v) is 2.91. The van der Waals surface area contributed by atoms with Crippen molar-refractivity contribution in [1.82, 2.24) is 14.5 Å². The lowest BCUT2D eigenvalue weighted by molar-refractivity contribution is 0.898. The number of nitrogens with zero attached hydrogens (tertiary/aromatic N) is 3. The summed E-state index contributed by atoms with van der Waals surface area (Å²) in [4.78, 5) is 8.87. The highest BCUT2D eigenvalue weighted by molar-refractivity contribution is 5.82. The molecule has 0 unspecified atom stereocenters. The van der Waals surface area contributed by atoms with E-state index in [9.17, 15) is 0 Å². The maximum absolute atomic E-state index is 4.49. The third-order valence-electron chi connectivity index (χ3n) is 2.91. The summed E-state index contributed by atoms with van der Waals surface area (Å²) in [5, 5.41) is 0. The minimum atomic E-state index is 0.851. The first-order valence-corrected chi connectivity index (χ1v) is 4.79. The van der Waals surface area contributed by atoms with E-state index in [0.717, 1.165) is 22.6 Å². The molecule has 0 saturated heterocycles. The minimum Gasteiger partial charge on any atom is -0.345 e. The summed E-state index contributed by atoms with van der Waals surface area (Å²) >= 11 is 0. The lowest BCUT2D eigenvalue weighted by Crippen LogP contribution is -1.96. The van der Waals surface area contributed by atoms with Crippen molar-refractivity contribution in [2.45, 2.75) is 27.7 Å². The van der Waals surface area contributed by atoms with E-state index >= 15 is 0 Å². The van der Waals surface area contributed by atoms with E-state index < -0.39 is 0 Å². The maximum atomic E-state index is 4.49. The van der Waals surface area contributed by atoms with Crippen molar-refractivity contribution >= 4 is 11.0 Å². The fourth-order valence-corrected chi connectivity index (χ4v) is 1.96. The fraction of sp³-hybridized carbons (Fsp3) is 0.455. The van der Waals surface area contributed by atoms with Crippen LogP contribution in [0.1, 0.15) is 22.8 Å². The molecule has 2 aromatic heterocycles. The Balaban J connectivity index is 3.02. The van der Waals surface area contributed by atoms with Crippen LogP contribution in [0.25, 0.3) is 11.0 Å². The van der Waals surface area contributed by atoms with E-state index in [-0.39, 0.29) is 0 Å². The van der Waals surface area contributed by atoms with Gasteiger partial charge in [0.05, 0.1) is 16.7 Å². The zero-order valence-corrected chi connectivity index (χ0v) is 9.34. The van der Waals surface area contributed by atoms with Crippen LogP contribution in [0.15, 0.2) is 0 Å². The number of hydrogen-bond donors (Lipinski definition) is 0. The molecule has 0 saturated carbocycles. The molecule has 0 atom stereocenters. The van der Waals surface area contributed by atoms with Crippen LogP contribution in [0.2, 0.25) is 0 Å². The number of aryl methyl sites for hydroxylation is 4. The van der Waals surface area contributed by atoms with Gasteiger partial charge in [-0.2, -0.15) is 0 Å². The minimum absolute atomic E-state index is 0.851. The summed E-state index contributed by atoms with van der Waals surface area (Å²) < 4.78 is 2.17. The topological polar surface area (TPSA) is 30.7 Å². The number of hydrogen-bond acceptors (Lipinski definition) is 2. The molecule has 0 aliphatic carbocycles. The van der Waals surface area contributed by atoms with E-state index in [1.807, 2.05) is 13.8 Å². The summed E-state index contributed by atoms with van der Waals surface area (Å²) in [6.45, 7) is 8.21. The number of aromatic nitrogens is 3. The van der Waals surface area contributed by atoms with Gasteiger partial charge < -0.3 is 4.57 Å². The van der Waals surface area contributed by atoms with Gasteiger partial charge in [0.25, 0.3) is 0 Å². The lowest BCUT2D eigenvalue weighted by Gasteiger charge is -2.01. The van der Waals surface area contributed by atoms with Crippen molar-refractivity contribution in [2.75, 3.05) is 0 Å². The van der Waals surface area contributed by atoms with Crippen LogP contribution in [-0.4, -0.2) is 14.5 Å². The normalized spacial score (nSPS) is 11.2. The Bertz CT molecular complexity index is 509. The number of fused-ring (bicyclic) bond motifs is 1. The molecule has 0 fully saturated rings. The monoisotopic (exact) mass is 189 g/mol. The van der Waals surface area contributed by atoms with Gasteiger partial charge in [0.2, 0.25) is 0 Å². The van der Waals surface area contributed by atoms with Crippen molar-refractivity contribution in [3.05, 3.63) is 22.8 Å². The molecule has 0 amide bonds. The molecule has 0 aromatic carbocycles. The first kappa shape index (κ1) is 9.19. The van der Waals surface area contributed by atoms with Crippen molar-refractivity contribution < 1.29 is 0 Å². The molecule has 3 nitrogen and oxygen atoms in total. The molecule has 2 rings (SSSR count). The fourth-order valence-electron chi connectivity index (χ4n) is 1.96. The Morgan fingerprint density at radius 1 is 1.00 bits per heavy atom. The van der Waals surface area contributed by atoms with Crippen LogP contribution in [0.3, 0.4) is 0 Å². The van der Waals surface area contributed by atoms with Crippen LogP contribution in [0.4, 0.5) is 0 Å². The third kappa shape index (κ3) is 1.05. The summed E-state index contributed by atoms with van der Waals surface area (Å²) in [7, 11) is 2.07. The zero-order chi connectivity index (χ0) is 10.5. The molecule has 3 heteroatoms. The van der Waals surface area contributed by atoms with Gasteiger partial charge in [-0.1, -0.05) is 0 Å². The summed E-state index contributed by atoms with van der Waals surface area (Å²) in [6, 6.07) is 0. The molecule has 74 valence electrons. The summed E-state index contributed by atoms with van der Waals surface area (Å²) in [6.07, 6.45) is 0. The lowest BCUT2D eigenvalue weighted by atomic mass is 10.2. The first-order valence-electron chi connectivity index (χ1n) is 4.79. The standard InChI is InChI=1S/C11H15N3/c1-6-8(3)14(5)11-7(2)12-9(4)13-10(6)11/h1-5H3. The Kier molecular flexibility index (Phi) is 1.84. The molecule has 0 aliphatic heterocycles. The Morgan fingerprint density at radius 3 is 2.29 bits per heavy atom. The van der Waals surface area contributed by atoms with Crippen LogP contribution >= 0.6 is 0 Å². The van der Waals surface area contributed by atoms with Gasteiger partial charge in [-0.25, -0.2) is 9.97 Å². The largest absolute Gasteiger partial charge is 0.345 e. The van der Waals surface area contributed by atoms with Gasteiger partial charge in [-0.15, -0.1) is 0 Å². The van der Waals surface area contributed by atoms with Gasteiger partial charge in [0.15, 0.2) is 0 Å². The van der Waals surface area contributed by atoms with Gasteiger partial charge in [-0.05, 0) is 33.3 Å². The second kappa shape index (κ2) is 2.80. The molecule has 0 N–H and O–H groups in total. The van der Waals surface area contributed by atoms with Gasteiger partial charge in [-0.3, -0.25) is 0 Å². The quantitative estimate of drug-likeness (QED) is 0.636.